The third-order valence-corrected chi connectivity index (χ3v) is 7.74. The minimum atomic E-state index is -0.0833. The number of fused-ring (bicyclic) bond motifs is 3. The zero-order chi connectivity index (χ0) is 20.1. The first-order valence-corrected chi connectivity index (χ1v) is 11.9. The van der Waals surface area contributed by atoms with E-state index in [-0.39, 0.29) is 17.4 Å². The highest BCUT2D eigenvalue weighted by Crippen LogP contribution is 2.44. The van der Waals surface area contributed by atoms with Crippen LogP contribution in [0.2, 0.25) is 0 Å². The number of aromatic amines is 1. The van der Waals surface area contributed by atoms with Crippen LogP contribution in [0.4, 0.5) is 0 Å². The highest BCUT2D eigenvalue weighted by molar-refractivity contribution is 7.98. The topological polar surface area (TPSA) is 79.1 Å². The monoisotopic (exact) mass is 422 g/mol. The molecule has 1 aliphatic rings. The second-order valence-corrected chi connectivity index (χ2v) is 9.43. The van der Waals surface area contributed by atoms with Crippen molar-refractivity contribution in [3.8, 4) is 16.9 Å². The van der Waals surface area contributed by atoms with Gasteiger partial charge in [0.15, 0.2) is 0 Å². The van der Waals surface area contributed by atoms with Gasteiger partial charge in [0, 0.05) is 27.3 Å². The molecule has 1 saturated carbocycles. The average molecular weight is 423 g/mol. The first kappa shape index (κ1) is 18.7. The summed E-state index contributed by atoms with van der Waals surface area (Å²) in [5.74, 6) is 0.639. The van der Waals surface area contributed by atoms with Crippen LogP contribution >= 0.6 is 23.1 Å². The molecule has 0 amide bonds. The van der Waals surface area contributed by atoms with Crippen LogP contribution in [0.25, 0.3) is 32.1 Å². The van der Waals surface area contributed by atoms with Crippen LogP contribution in [0.1, 0.15) is 30.7 Å². The Morgan fingerprint density at radius 1 is 1.21 bits per heavy atom. The molecule has 1 aliphatic carbocycles. The van der Waals surface area contributed by atoms with Crippen LogP contribution in [0, 0.1) is 0 Å². The summed E-state index contributed by atoms with van der Waals surface area (Å²) in [7, 11) is 0. The van der Waals surface area contributed by atoms with Crippen molar-refractivity contribution in [1.29, 1.82) is 0 Å². The predicted molar refractivity (Wildman–Crippen MR) is 123 cm³/mol. The van der Waals surface area contributed by atoms with Gasteiger partial charge in [-0.05, 0) is 53.7 Å². The van der Waals surface area contributed by atoms with Crippen LogP contribution in [-0.4, -0.2) is 22.4 Å². The molecule has 0 saturated heterocycles. The molecule has 2 aromatic heterocycles. The number of phenols is 1. The number of nitrogens with one attached hydrogen (secondary N) is 1. The summed E-state index contributed by atoms with van der Waals surface area (Å²) in [5.41, 5.74) is 9.94. The van der Waals surface area contributed by atoms with E-state index in [0.29, 0.717) is 10.6 Å². The van der Waals surface area contributed by atoms with Gasteiger partial charge in [-0.25, -0.2) is 0 Å². The number of nitrogens with two attached hydrogens (primary N) is 1. The molecule has 2 aromatic carbocycles. The number of hydrogen-bond acceptors (Lipinski definition) is 5. The van der Waals surface area contributed by atoms with Gasteiger partial charge in [-0.1, -0.05) is 30.7 Å². The van der Waals surface area contributed by atoms with Gasteiger partial charge in [0.2, 0.25) is 0 Å². The Bertz CT molecular complexity index is 1270. The van der Waals surface area contributed by atoms with Gasteiger partial charge >= 0.3 is 0 Å². The normalized spacial score (nSPS) is 19.4. The largest absolute Gasteiger partial charge is 0.507 e. The summed E-state index contributed by atoms with van der Waals surface area (Å²) in [5, 5.41) is 14.7. The molecule has 0 unspecified atom stereocenters. The fraction of sp³-hybridized carbons (Fsp3) is 0.261. The molecule has 1 fully saturated rings. The lowest BCUT2D eigenvalue weighted by Crippen LogP contribution is -2.22. The van der Waals surface area contributed by atoms with Crippen molar-refractivity contribution >= 4 is 44.1 Å². The first-order chi connectivity index (χ1) is 14.1. The van der Waals surface area contributed by atoms with Gasteiger partial charge in [-0.15, -0.1) is 23.1 Å². The van der Waals surface area contributed by atoms with E-state index >= 15 is 0 Å². The first-order valence-electron chi connectivity index (χ1n) is 9.77. The lowest BCUT2D eigenvalue weighted by Gasteiger charge is -2.17. The molecule has 5 rings (SSSR count). The van der Waals surface area contributed by atoms with Crippen molar-refractivity contribution in [1.82, 2.24) is 4.98 Å². The number of hydrogen-bond donors (Lipinski definition) is 3. The Morgan fingerprint density at radius 2 is 2.00 bits per heavy atom. The number of H-pyrrole nitrogens is 1. The summed E-state index contributed by atoms with van der Waals surface area (Å²) >= 11 is 2.94. The second-order valence-electron chi connectivity index (χ2n) is 7.66. The molecule has 0 radical (unpaired) electrons. The maximum Gasteiger partial charge on any atom is 0.266 e. The summed E-state index contributed by atoms with van der Waals surface area (Å²) < 4.78 is 0.685. The van der Waals surface area contributed by atoms with E-state index in [1.165, 1.54) is 35.1 Å². The number of pyridine rings is 1. The number of thiophene rings is 1. The maximum atomic E-state index is 12.5. The van der Waals surface area contributed by atoms with Gasteiger partial charge in [0.1, 0.15) is 10.4 Å². The highest BCUT2D eigenvalue weighted by atomic mass is 32.2. The molecule has 0 spiro atoms. The molecule has 0 aliphatic heterocycles. The Hall–Kier alpha value is -2.28. The van der Waals surface area contributed by atoms with E-state index in [0.717, 1.165) is 45.2 Å². The molecule has 4 aromatic rings. The van der Waals surface area contributed by atoms with Gasteiger partial charge in [0.25, 0.3) is 5.56 Å². The summed E-state index contributed by atoms with van der Waals surface area (Å²) in [6.07, 6.45) is 5.34. The highest BCUT2D eigenvalue weighted by Gasteiger charge is 2.25. The Balaban J connectivity index is 1.75. The van der Waals surface area contributed by atoms with E-state index in [1.54, 1.807) is 6.07 Å². The Labute approximate surface area is 176 Å². The Morgan fingerprint density at radius 3 is 2.69 bits per heavy atom. The summed E-state index contributed by atoms with van der Waals surface area (Å²) in [6, 6.07) is 12.3. The van der Waals surface area contributed by atoms with Crippen LogP contribution in [0.15, 0.2) is 51.5 Å². The lowest BCUT2D eigenvalue weighted by molar-refractivity contribution is 0.476. The quantitative estimate of drug-likeness (QED) is 0.385. The molecular formula is C23H22N2O2S2. The molecule has 4 N–H and O–H groups in total. The van der Waals surface area contributed by atoms with Crippen molar-refractivity contribution in [3.63, 3.8) is 0 Å². The predicted octanol–water partition coefficient (Wildman–Crippen LogP) is 5.43. The number of aromatic hydroxyl groups is 1. The zero-order valence-electron chi connectivity index (χ0n) is 16.1. The lowest BCUT2D eigenvalue weighted by atomic mass is 9.91. The standard InChI is InChI=1S/C23H22N2O2S2/c1-28-18-11-17(26)19(20-15-9-10-29-22(15)23(27)25-21(18)20)13-7-5-12(6-8-13)14-3-2-4-16(14)24/h5-11,14,16,26H,2-4,24H2,1H3,(H,25,27)/t14-,16-/m0/s1. The number of aromatic nitrogens is 1. The molecule has 2 atom stereocenters. The van der Waals surface area contributed by atoms with Crippen molar-refractivity contribution in [3.05, 3.63) is 57.7 Å². The minimum absolute atomic E-state index is 0.0833. The van der Waals surface area contributed by atoms with Crippen molar-refractivity contribution < 1.29 is 5.11 Å². The van der Waals surface area contributed by atoms with E-state index < -0.39 is 0 Å². The number of thioether (sulfide) groups is 1. The van der Waals surface area contributed by atoms with Gasteiger partial charge in [-0.3, -0.25) is 4.79 Å². The van der Waals surface area contributed by atoms with Crippen molar-refractivity contribution in [2.45, 2.75) is 36.1 Å². The summed E-state index contributed by atoms with van der Waals surface area (Å²) in [6.45, 7) is 0. The smallest absolute Gasteiger partial charge is 0.266 e. The van der Waals surface area contributed by atoms with Gasteiger partial charge < -0.3 is 15.8 Å². The minimum Gasteiger partial charge on any atom is -0.507 e. The zero-order valence-corrected chi connectivity index (χ0v) is 17.7. The third-order valence-electron chi connectivity index (χ3n) is 6.07. The van der Waals surface area contributed by atoms with Gasteiger partial charge in [-0.2, -0.15) is 0 Å². The van der Waals surface area contributed by atoms with Crippen molar-refractivity contribution in [2.24, 2.45) is 5.73 Å². The third kappa shape index (κ3) is 2.98. The van der Waals surface area contributed by atoms with Crippen LogP contribution in [-0.2, 0) is 0 Å². The van der Waals surface area contributed by atoms with E-state index in [1.807, 2.05) is 17.7 Å². The van der Waals surface area contributed by atoms with Gasteiger partial charge in [0.05, 0.1) is 5.52 Å². The van der Waals surface area contributed by atoms with Crippen LogP contribution < -0.4 is 11.3 Å². The number of rotatable bonds is 3. The fourth-order valence-corrected chi connectivity index (χ4v) is 6.03. The summed E-state index contributed by atoms with van der Waals surface area (Å²) in [4.78, 5) is 16.5. The van der Waals surface area contributed by atoms with E-state index in [4.69, 9.17) is 5.73 Å². The Kier molecular flexibility index (Phi) is 4.65. The fourth-order valence-electron chi connectivity index (χ4n) is 4.64. The molecule has 148 valence electrons. The molecule has 0 bridgehead atoms. The van der Waals surface area contributed by atoms with Crippen LogP contribution in [0.5, 0.6) is 5.75 Å². The van der Waals surface area contributed by atoms with E-state index in [9.17, 15) is 9.90 Å². The molecular weight excluding hydrogens is 400 g/mol. The second kappa shape index (κ2) is 7.20. The molecule has 6 heteroatoms. The number of phenolic OH excluding ortho intramolecular Hbond substituents is 1. The number of benzene rings is 2. The SMILES string of the molecule is CSc1cc(O)c(-c2ccc([C@@H]3CCC[C@@H]3N)cc2)c2c1[nH]c(=O)c1sccc12. The van der Waals surface area contributed by atoms with Crippen molar-refractivity contribution in [2.75, 3.05) is 6.26 Å². The van der Waals surface area contributed by atoms with Crippen LogP contribution in [0.3, 0.4) is 0 Å². The molecule has 2 heterocycles. The molecule has 29 heavy (non-hydrogen) atoms. The average Bonchev–Trinajstić information content (AvgIpc) is 3.38. The molecule has 4 nitrogen and oxygen atoms in total. The van der Waals surface area contributed by atoms with E-state index in [2.05, 4.69) is 29.2 Å². The maximum absolute atomic E-state index is 12.5.